The molecule has 0 saturated heterocycles. The Morgan fingerprint density at radius 1 is 1.38 bits per heavy atom. The van der Waals surface area contributed by atoms with E-state index in [1.807, 2.05) is 30.9 Å². The van der Waals surface area contributed by atoms with Crippen LogP contribution < -0.4 is 5.32 Å². The number of hydrogen-bond donors (Lipinski definition) is 2. The van der Waals surface area contributed by atoms with Gasteiger partial charge in [0.05, 0.1) is 13.0 Å². The number of pyridine rings is 1. The molecule has 6 heteroatoms. The van der Waals surface area contributed by atoms with Gasteiger partial charge in [-0.25, -0.2) is 0 Å². The Morgan fingerprint density at radius 3 is 2.62 bits per heavy atom. The summed E-state index contributed by atoms with van der Waals surface area (Å²) in [5.41, 5.74) is 1.01. The maximum atomic E-state index is 11.9. The normalized spacial score (nSPS) is 12.1. The first-order valence-corrected chi connectivity index (χ1v) is 7.13. The Balaban J connectivity index is 2.59. The number of hydrogen-bond acceptors (Lipinski definition) is 4. The SMILES string of the molecule is CCC(C)NC(=O)CN(CCC(=O)O)Cc1ccncc1. The van der Waals surface area contributed by atoms with E-state index in [-0.39, 0.29) is 24.9 Å². The molecule has 6 nitrogen and oxygen atoms in total. The molecule has 21 heavy (non-hydrogen) atoms. The molecule has 0 radical (unpaired) electrons. The molecule has 0 spiro atoms. The van der Waals surface area contributed by atoms with Crippen LogP contribution in [0.15, 0.2) is 24.5 Å². The van der Waals surface area contributed by atoms with Crippen molar-refractivity contribution in [1.82, 2.24) is 15.2 Å². The predicted molar refractivity (Wildman–Crippen MR) is 79.7 cm³/mol. The van der Waals surface area contributed by atoms with Crippen molar-refractivity contribution in [1.29, 1.82) is 0 Å². The van der Waals surface area contributed by atoms with Crippen molar-refractivity contribution in [3.05, 3.63) is 30.1 Å². The highest BCUT2D eigenvalue weighted by Gasteiger charge is 2.14. The Morgan fingerprint density at radius 2 is 2.05 bits per heavy atom. The van der Waals surface area contributed by atoms with Crippen molar-refractivity contribution >= 4 is 11.9 Å². The highest BCUT2D eigenvalue weighted by molar-refractivity contribution is 5.78. The molecule has 0 saturated carbocycles. The molecule has 0 bridgehead atoms. The van der Waals surface area contributed by atoms with Gasteiger partial charge in [0.1, 0.15) is 0 Å². The van der Waals surface area contributed by atoms with Crippen molar-refractivity contribution in [3.63, 3.8) is 0 Å². The lowest BCUT2D eigenvalue weighted by molar-refractivity contribution is -0.137. The van der Waals surface area contributed by atoms with Crippen molar-refractivity contribution in [2.24, 2.45) is 0 Å². The minimum atomic E-state index is -0.864. The number of carboxylic acid groups (broad SMARTS) is 1. The number of amides is 1. The number of nitrogens with one attached hydrogen (secondary N) is 1. The van der Waals surface area contributed by atoms with Gasteiger partial charge in [-0.3, -0.25) is 19.5 Å². The minimum Gasteiger partial charge on any atom is -0.481 e. The smallest absolute Gasteiger partial charge is 0.304 e. The number of carboxylic acids is 1. The van der Waals surface area contributed by atoms with Crippen LogP contribution in [0.3, 0.4) is 0 Å². The fourth-order valence-electron chi connectivity index (χ4n) is 1.84. The zero-order valence-electron chi connectivity index (χ0n) is 12.6. The fourth-order valence-corrected chi connectivity index (χ4v) is 1.84. The first-order valence-electron chi connectivity index (χ1n) is 7.13. The third-order valence-electron chi connectivity index (χ3n) is 3.18. The summed E-state index contributed by atoms with van der Waals surface area (Å²) in [4.78, 5) is 28.5. The second-order valence-corrected chi connectivity index (χ2v) is 5.09. The molecule has 1 amide bonds. The van der Waals surface area contributed by atoms with Gasteiger partial charge in [0, 0.05) is 31.5 Å². The Kier molecular flexibility index (Phi) is 7.39. The van der Waals surface area contributed by atoms with Crippen molar-refractivity contribution < 1.29 is 14.7 Å². The van der Waals surface area contributed by atoms with Gasteiger partial charge in [-0.1, -0.05) is 6.92 Å². The molecule has 0 fully saturated rings. The lowest BCUT2D eigenvalue weighted by Gasteiger charge is -2.22. The largest absolute Gasteiger partial charge is 0.481 e. The number of aromatic nitrogens is 1. The van der Waals surface area contributed by atoms with Crippen LogP contribution in [0.4, 0.5) is 0 Å². The Hall–Kier alpha value is -1.95. The summed E-state index contributed by atoms with van der Waals surface area (Å²) in [6, 6.07) is 3.85. The van der Waals surface area contributed by atoms with Crippen LogP contribution in [-0.4, -0.2) is 46.0 Å². The average Bonchev–Trinajstić information content (AvgIpc) is 2.45. The van der Waals surface area contributed by atoms with Crippen LogP contribution >= 0.6 is 0 Å². The molecule has 0 aliphatic carbocycles. The van der Waals surface area contributed by atoms with E-state index in [9.17, 15) is 9.59 Å². The molecule has 0 aromatic carbocycles. The lowest BCUT2D eigenvalue weighted by atomic mass is 10.2. The van der Waals surface area contributed by atoms with E-state index in [2.05, 4.69) is 10.3 Å². The fraction of sp³-hybridized carbons (Fsp3) is 0.533. The van der Waals surface area contributed by atoms with Gasteiger partial charge in [-0.2, -0.15) is 0 Å². The topological polar surface area (TPSA) is 82.5 Å². The standard InChI is InChI=1S/C15H23N3O3/c1-3-12(2)17-14(19)11-18(9-6-15(20)21)10-13-4-7-16-8-5-13/h4-5,7-8,12H,3,6,9-11H2,1-2H3,(H,17,19)(H,20,21). The quantitative estimate of drug-likeness (QED) is 0.716. The number of rotatable bonds is 9. The highest BCUT2D eigenvalue weighted by atomic mass is 16.4. The van der Waals surface area contributed by atoms with E-state index in [1.54, 1.807) is 12.4 Å². The van der Waals surface area contributed by atoms with Crippen LogP contribution in [0.2, 0.25) is 0 Å². The number of aliphatic carboxylic acids is 1. The zero-order chi connectivity index (χ0) is 15.7. The molecule has 2 N–H and O–H groups in total. The third kappa shape index (κ3) is 7.41. The molecular formula is C15H23N3O3. The number of carbonyl (C=O) groups is 2. The first-order chi connectivity index (χ1) is 10.0. The van der Waals surface area contributed by atoms with Gasteiger partial charge < -0.3 is 10.4 Å². The summed E-state index contributed by atoms with van der Waals surface area (Å²) in [7, 11) is 0. The second kappa shape index (κ2) is 9.07. The second-order valence-electron chi connectivity index (χ2n) is 5.09. The average molecular weight is 293 g/mol. The summed E-state index contributed by atoms with van der Waals surface area (Å²) in [6.07, 6.45) is 4.25. The van der Waals surface area contributed by atoms with E-state index in [0.717, 1.165) is 12.0 Å². The molecular weight excluding hydrogens is 270 g/mol. The summed E-state index contributed by atoms with van der Waals surface area (Å²) in [5, 5.41) is 11.7. The molecule has 116 valence electrons. The molecule has 1 unspecified atom stereocenters. The molecule has 0 aliphatic rings. The van der Waals surface area contributed by atoms with Gasteiger partial charge in [-0.05, 0) is 31.0 Å². The van der Waals surface area contributed by atoms with Crippen LogP contribution in [0.5, 0.6) is 0 Å². The van der Waals surface area contributed by atoms with Crippen molar-refractivity contribution in [2.75, 3.05) is 13.1 Å². The maximum Gasteiger partial charge on any atom is 0.304 e. The van der Waals surface area contributed by atoms with E-state index in [4.69, 9.17) is 5.11 Å². The monoisotopic (exact) mass is 293 g/mol. The molecule has 1 aromatic heterocycles. The van der Waals surface area contributed by atoms with E-state index in [0.29, 0.717) is 13.1 Å². The number of nitrogens with zero attached hydrogens (tertiary/aromatic N) is 2. The third-order valence-corrected chi connectivity index (χ3v) is 3.18. The van der Waals surface area contributed by atoms with Gasteiger partial charge in [0.2, 0.25) is 5.91 Å². The van der Waals surface area contributed by atoms with Gasteiger partial charge in [0.15, 0.2) is 0 Å². The van der Waals surface area contributed by atoms with E-state index in [1.165, 1.54) is 0 Å². The van der Waals surface area contributed by atoms with E-state index < -0.39 is 5.97 Å². The predicted octanol–water partition coefficient (Wildman–Crippen LogP) is 1.27. The zero-order valence-corrected chi connectivity index (χ0v) is 12.6. The van der Waals surface area contributed by atoms with Crippen LogP contribution in [0, 0.1) is 0 Å². The van der Waals surface area contributed by atoms with Gasteiger partial charge in [0.25, 0.3) is 0 Å². The van der Waals surface area contributed by atoms with Crippen LogP contribution in [0.1, 0.15) is 32.3 Å². The maximum absolute atomic E-state index is 11.9. The summed E-state index contributed by atoms with van der Waals surface area (Å²) < 4.78 is 0. The molecule has 0 aliphatic heterocycles. The van der Waals surface area contributed by atoms with Crippen molar-refractivity contribution in [3.8, 4) is 0 Å². The number of carbonyl (C=O) groups excluding carboxylic acids is 1. The highest BCUT2D eigenvalue weighted by Crippen LogP contribution is 2.04. The Bertz CT molecular complexity index is 451. The van der Waals surface area contributed by atoms with Crippen molar-refractivity contribution in [2.45, 2.75) is 39.3 Å². The Labute approximate surface area is 125 Å². The van der Waals surface area contributed by atoms with Crippen LogP contribution in [0.25, 0.3) is 0 Å². The summed E-state index contributed by atoms with van der Waals surface area (Å²) in [5.74, 6) is -0.944. The summed E-state index contributed by atoms with van der Waals surface area (Å²) in [6.45, 7) is 5.02. The molecule has 1 atom stereocenters. The lowest BCUT2D eigenvalue weighted by Crippen LogP contribution is -2.41. The molecule has 1 aromatic rings. The molecule has 1 heterocycles. The summed E-state index contributed by atoms with van der Waals surface area (Å²) >= 11 is 0. The van der Waals surface area contributed by atoms with E-state index >= 15 is 0 Å². The van der Waals surface area contributed by atoms with Gasteiger partial charge >= 0.3 is 5.97 Å². The molecule has 1 rings (SSSR count). The van der Waals surface area contributed by atoms with Crippen LogP contribution in [-0.2, 0) is 16.1 Å². The minimum absolute atomic E-state index is 0.0156. The van der Waals surface area contributed by atoms with Gasteiger partial charge in [-0.15, -0.1) is 0 Å². The first kappa shape index (κ1) is 17.1.